The Morgan fingerprint density at radius 3 is 2.73 bits per heavy atom. The standard InChI is InChI=1S/C15H23N2O4P/c1-4-20-22(18,19)21-12-17(2,3)10-9-13-11-16-15-8-6-5-7-14(13)15/h5-8,11,16H,4,9-10,12H2,1-3H3/p+1. The predicted molar refractivity (Wildman–Crippen MR) is 86.4 cm³/mol. The summed E-state index contributed by atoms with van der Waals surface area (Å²) in [7, 11) is -0.0154. The molecule has 2 aromatic rings. The second-order valence-corrected chi connectivity index (χ2v) is 7.37. The van der Waals surface area contributed by atoms with E-state index in [0.29, 0.717) is 4.48 Å². The molecule has 0 saturated heterocycles. The summed E-state index contributed by atoms with van der Waals surface area (Å²) in [5.41, 5.74) is 2.36. The van der Waals surface area contributed by atoms with Gasteiger partial charge in [-0.3, -0.25) is 4.52 Å². The third-order valence-electron chi connectivity index (χ3n) is 3.52. The number of rotatable bonds is 8. The summed E-state index contributed by atoms with van der Waals surface area (Å²) < 4.78 is 21.8. The van der Waals surface area contributed by atoms with Crippen molar-refractivity contribution >= 4 is 18.7 Å². The van der Waals surface area contributed by atoms with Crippen LogP contribution in [0, 0.1) is 0 Å². The number of aromatic amines is 1. The molecule has 1 unspecified atom stereocenters. The fourth-order valence-corrected chi connectivity index (χ4v) is 3.12. The first-order valence-corrected chi connectivity index (χ1v) is 8.81. The van der Waals surface area contributed by atoms with Crippen LogP contribution in [0.15, 0.2) is 30.5 Å². The zero-order chi connectivity index (χ0) is 16.2. The fraction of sp³-hybridized carbons (Fsp3) is 0.467. The van der Waals surface area contributed by atoms with Gasteiger partial charge in [0.15, 0.2) is 6.73 Å². The summed E-state index contributed by atoms with van der Waals surface area (Å²) in [5, 5.41) is 1.21. The van der Waals surface area contributed by atoms with E-state index in [-0.39, 0.29) is 13.3 Å². The number of likely N-dealkylation sites (N-methyl/N-ethyl adjacent to an activating group) is 1. The van der Waals surface area contributed by atoms with Crippen LogP contribution in [0.25, 0.3) is 10.9 Å². The third kappa shape index (κ3) is 4.66. The van der Waals surface area contributed by atoms with Gasteiger partial charge in [0.05, 0.1) is 27.2 Å². The monoisotopic (exact) mass is 327 g/mol. The number of hydrogen-bond acceptors (Lipinski definition) is 3. The van der Waals surface area contributed by atoms with Crippen LogP contribution in [0.5, 0.6) is 0 Å². The number of fused-ring (bicyclic) bond motifs is 1. The van der Waals surface area contributed by atoms with Crippen LogP contribution in [0.3, 0.4) is 0 Å². The van der Waals surface area contributed by atoms with Gasteiger partial charge in [0.1, 0.15) is 0 Å². The van der Waals surface area contributed by atoms with E-state index in [0.717, 1.165) is 18.5 Å². The van der Waals surface area contributed by atoms with Crippen LogP contribution in [-0.2, 0) is 20.0 Å². The van der Waals surface area contributed by atoms with Gasteiger partial charge in [-0.05, 0) is 18.6 Å². The molecule has 1 atom stereocenters. The van der Waals surface area contributed by atoms with Crippen molar-refractivity contribution in [3.8, 4) is 0 Å². The highest BCUT2D eigenvalue weighted by molar-refractivity contribution is 7.47. The number of benzene rings is 1. The van der Waals surface area contributed by atoms with Gasteiger partial charge in [0.25, 0.3) is 0 Å². The lowest BCUT2D eigenvalue weighted by Crippen LogP contribution is -2.42. The lowest BCUT2D eigenvalue weighted by Gasteiger charge is -2.29. The average Bonchev–Trinajstić information content (AvgIpc) is 2.87. The van der Waals surface area contributed by atoms with Crippen molar-refractivity contribution in [2.45, 2.75) is 13.3 Å². The zero-order valence-electron chi connectivity index (χ0n) is 13.3. The number of quaternary nitrogens is 1. The van der Waals surface area contributed by atoms with Crippen LogP contribution in [0.1, 0.15) is 12.5 Å². The molecule has 0 bridgehead atoms. The first kappa shape index (κ1) is 17.2. The van der Waals surface area contributed by atoms with Crippen LogP contribution < -0.4 is 0 Å². The summed E-state index contributed by atoms with van der Waals surface area (Å²) in [5.74, 6) is 0. The Hall–Kier alpha value is -1.17. The Balaban J connectivity index is 1.93. The van der Waals surface area contributed by atoms with Crippen LogP contribution in [0.4, 0.5) is 0 Å². The molecule has 0 saturated carbocycles. The van der Waals surface area contributed by atoms with Crippen molar-refractivity contribution in [2.75, 3.05) is 34.0 Å². The van der Waals surface area contributed by atoms with Gasteiger partial charge in [-0.15, -0.1) is 0 Å². The lowest BCUT2D eigenvalue weighted by atomic mass is 10.1. The quantitative estimate of drug-likeness (QED) is 0.444. The fourth-order valence-electron chi connectivity index (χ4n) is 2.26. The van der Waals surface area contributed by atoms with Crippen molar-refractivity contribution in [1.82, 2.24) is 4.98 Å². The first-order chi connectivity index (χ1) is 10.3. The lowest BCUT2D eigenvalue weighted by molar-refractivity contribution is -0.906. The molecule has 22 heavy (non-hydrogen) atoms. The van der Waals surface area contributed by atoms with Crippen LogP contribution in [0.2, 0.25) is 0 Å². The highest BCUT2D eigenvalue weighted by Gasteiger charge is 2.26. The summed E-state index contributed by atoms with van der Waals surface area (Å²) in [6.07, 6.45) is 2.87. The van der Waals surface area contributed by atoms with Gasteiger partial charge in [-0.25, -0.2) is 9.09 Å². The molecule has 0 fully saturated rings. The highest BCUT2D eigenvalue weighted by Crippen LogP contribution is 2.43. The molecule has 0 aliphatic rings. The second kappa shape index (κ2) is 6.94. The highest BCUT2D eigenvalue weighted by atomic mass is 31.2. The maximum atomic E-state index is 11.6. The Labute approximate surface area is 130 Å². The zero-order valence-corrected chi connectivity index (χ0v) is 14.2. The summed E-state index contributed by atoms with van der Waals surface area (Å²) in [6, 6.07) is 8.16. The van der Waals surface area contributed by atoms with E-state index in [9.17, 15) is 9.46 Å². The van der Waals surface area contributed by atoms with E-state index < -0.39 is 7.82 Å². The molecule has 1 heterocycles. The number of para-hydroxylation sites is 1. The minimum Gasteiger partial charge on any atom is -0.361 e. The van der Waals surface area contributed by atoms with Crippen LogP contribution in [-0.4, -0.2) is 48.3 Å². The molecular formula is C15H24N2O4P+. The van der Waals surface area contributed by atoms with Crippen molar-refractivity contribution in [1.29, 1.82) is 0 Å². The molecule has 0 spiro atoms. The van der Waals surface area contributed by atoms with Gasteiger partial charge < -0.3 is 14.4 Å². The number of H-pyrrole nitrogens is 1. The van der Waals surface area contributed by atoms with Crippen molar-refractivity contribution in [3.05, 3.63) is 36.0 Å². The molecule has 0 aliphatic carbocycles. The van der Waals surface area contributed by atoms with E-state index in [1.165, 1.54) is 10.9 Å². The number of nitrogens with zero attached hydrogens (tertiary/aromatic N) is 1. The molecule has 0 amide bonds. The maximum Gasteiger partial charge on any atom is 0.476 e. The van der Waals surface area contributed by atoms with Gasteiger partial charge in [0, 0.05) is 23.5 Å². The SMILES string of the molecule is CCOP(=O)(O)OC[N+](C)(C)CCc1c[nH]c2ccccc12. The van der Waals surface area contributed by atoms with E-state index >= 15 is 0 Å². The summed E-state index contributed by atoms with van der Waals surface area (Å²) in [6.45, 7) is 2.71. The Kier molecular flexibility index (Phi) is 5.42. The molecule has 0 aliphatic heterocycles. The van der Waals surface area contributed by atoms with E-state index in [4.69, 9.17) is 9.05 Å². The number of nitrogens with one attached hydrogen (secondary N) is 1. The van der Waals surface area contributed by atoms with Gasteiger partial charge in [-0.1, -0.05) is 18.2 Å². The number of phosphoric ester groups is 1. The first-order valence-electron chi connectivity index (χ1n) is 7.32. The molecule has 6 nitrogen and oxygen atoms in total. The average molecular weight is 327 g/mol. The second-order valence-electron chi connectivity index (χ2n) is 5.91. The van der Waals surface area contributed by atoms with Crippen molar-refractivity contribution in [3.63, 3.8) is 0 Å². The molecular weight excluding hydrogens is 303 g/mol. The predicted octanol–water partition coefficient (Wildman–Crippen LogP) is 2.90. The smallest absolute Gasteiger partial charge is 0.361 e. The topological polar surface area (TPSA) is 71.6 Å². The Bertz CT molecular complexity index is 668. The number of aromatic nitrogens is 1. The van der Waals surface area contributed by atoms with Crippen molar-refractivity contribution < 1.29 is 23.0 Å². The third-order valence-corrected chi connectivity index (χ3v) is 4.55. The normalized spacial score (nSPS) is 15.1. The molecule has 2 N–H and O–H groups in total. The van der Waals surface area contributed by atoms with Gasteiger partial charge in [0.2, 0.25) is 0 Å². The van der Waals surface area contributed by atoms with E-state index in [1.807, 2.05) is 38.5 Å². The molecule has 1 aromatic carbocycles. The minimum atomic E-state index is -3.93. The van der Waals surface area contributed by atoms with Crippen LogP contribution >= 0.6 is 7.82 Å². The van der Waals surface area contributed by atoms with E-state index in [2.05, 4.69) is 11.1 Å². The molecule has 7 heteroatoms. The van der Waals surface area contributed by atoms with Gasteiger partial charge >= 0.3 is 7.82 Å². The van der Waals surface area contributed by atoms with Gasteiger partial charge in [-0.2, -0.15) is 0 Å². The minimum absolute atomic E-state index is 0.121. The van der Waals surface area contributed by atoms with Crippen molar-refractivity contribution in [2.24, 2.45) is 0 Å². The molecule has 122 valence electrons. The van der Waals surface area contributed by atoms with E-state index in [1.54, 1.807) is 6.92 Å². The number of hydrogen-bond donors (Lipinski definition) is 2. The maximum absolute atomic E-state index is 11.6. The molecule has 2 rings (SSSR count). The molecule has 1 aromatic heterocycles. The summed E-state index contributed by atoms with van der Waals surface area (Å²) in [4.78, 5) is 12.7. The molecule has 0 radical (unpaired) electrons. The Morgan fingerprint density at radius 1 is 1.27 bits per heavy atom. The number of phosphoric acid groups is 1. The summed E-state index contributed by atoms with van der Waals surface area (Å²) >= 11 is 0. The Morgan fingerprint density at radius 2 is 2.00 bits per heavy atom. The largest absolute Gasteiger partial charge is 0.476 e.